The van der Waals surface area contributed by atoms with Crippen LogP contribution in [0.2, 0.25) is 0 Å². The summed E-state index contributed by atoms with van der Waals surface area (Å²) >= 11 is 0. The monoisotopic (exact) mass is 281 g/mol. The molecule has 0 aliphatic heterocycles. The van der Waals surface area contributed by atoms with Gasteiger partial charge in [-0.05, 0) is 25.0 Å². The molecule has 0 unspecified atom stereocenters. The predicted molar refractivity (Wildman–Crippen MR) is 78.0 cm³/mol. The molecule has 20 heavy (non-hydrogen) atoms. The Labute approximate surface area is 119 Å². The first-order chi connectivity index (χ1) is 9.77. The van der Waals surface area contributed by atoms with Crippen molar-refractivity contribution in [1.29, 1.82) is 0 Å². The molecule has 0 bridgehead atoms. The molecule has 0 radical (unpaired) electrons. The van der Waals surface area contributed by atoms with E-state index in [0.29, 0.717) is 31.1 Å². The van der Waals surface area contributed by atoms with Gasteiger partial charge in [0.05, 0.1) is 0 Å². The first-order valence-corrected chi connectivity index (χ1v) is 6.74. The third-order valence-corrected chi connectivity index (χ3v) is 2.66. The van der Waals surface area contributed by atoms with Gasteiger partial charge in [-0.25, -0.2) is 4.98 Å². The fraction of sp³-hybridized carbons (Fsp3) is 0.571. The van der Waals surface area contributed by atoms with E-state index < -0.39 is 0 Å². The molecule has 0 spiro atoms. The minimum absolute atomic E-state index is 0.0940. The van der Waals surface area contributed by atoms with E-state index in [1.54, 1.807) is 32.5 Å². The smallest absolute Gasteiger partial charge is 0.251 e. The van der Waals surface area contributed by atoms with Crippen LogP contribution >= 0.6 is 0 Å². The fourth-order valence-corrected chi connectivity index (χ4v) is 1.62. The highest BCUT2D eigenvalue weighted by Crippen LogP contribution is 2.06. The summed E-state index contributed by atoms with van der Waals surface area (Å²) < 4.78 is 9.90. The molecule has 0 saturated heterocycles. The summed E-state index contributed by atoms with van der Waals surface area (Å²) in [6.07, 6.45) is 3.32. The Balaban J connectivity index is 2.39. The molecule has 0 saturated carbocycles. The Hall–Kier alpha value is -1.66. The first kappa shape index (κ1) is 16.4. The molecule has 6 heteroatoms. The normalized spacial score (nSPS) is 10.3. The van der Waals surface area contributed by atoms with Crippen molar-refractivity contribution in [2.45, 2.75) is 12.8 Å². The van der Waals surface area contributed by atoms with Gasteiger partial charge in [-0.1, -0.05) is 0 Å². The molecule has 0 fully saturated rings. The van der Waals surface area contributed by atoms with Crippen LogP contribution in [0.25, 0.3) is 0 Å². The summed E-state index contributed by atoms with van der Waals surface area (Å²) in [5, 5.41) is 6.00. The topological polar surface area (TPSA) is 72.5 Å². The van der Waals surface area contributed by atoms with Crippen molar-refractivity contribution in [1.82, 2.24) is 10.3 Å². The number of nitrogens with one attached hydrogen (secondary N) is 2. The second kappa shape index (κ2) is 10.2. The van der Waals surface area contributed by atoms with Crippen LogP contribution in [0.15, 0.2) is 18.3 Å². The lowest BCUT2D eigenvalue weighted by atomic mass is 10.2. The molecule has 1 heterocycles. The SMILES string of the molecule is COCCCNC(=O)c1ccnc(NCCCOC)c1. The number of hydrogen-bond donors (Lipinski definition) is 2. The Morgan fingerprint density at radius 1 is 1.20 bits per heavy atom. The Kier molecular flexibility index (Phi) is 8.33. The number of anilines is 1. The van der Waals surface area contributed by atoms with Crippen LogP contribution in [0.5, 0.6) is 0 Å². The summed E-state index contributed by atoms with van der Waals surface area (Å²) in [6, 6.07) is 3.45. The number of methoxy groups -OCH3 is 2. The number of ether oxygens (including phenoxy) is 2. The summed E-state index contributed by atoms with van der Waals surface area (Å²) in [5.41, 5.74) is 0.603. The highest BCUT2D eigenvalue weighted by Gasteiger charge is 2.06. The van der Waals surface area contributed by atoms with Crippen LogP contribution in [0.3, 0.4) is 0 Å². The molecule has 1 aromatic rings. The average Bonchev–Trinajstić information content (AvgIpc) is 2.48. The van der Waals surface area contributed by atoms with Gasteiger partial charge in [0.15, 0.2) is 0 Å². The van der Waals surface area contributed by atoms with Gasteiger partial charge in [-0.15, -0.1) is 0 Å². The number of carbonyl (C=O) groups excluding carboxylic acids is 1. The zero-order valence-electron chi connectivity index (χ0n) is 12.1. The number of amides is 1. The minimum Gasteiger partial charge on any atom is -0.385 e. The molecule has 6 nitrogen and oxygen atoms in total. The largest absolute Gasteiger partial charge is 0.385 e. The lowest BCUT2D eigenvalue weighted by Gasteiger charge is -2.08. The molecular formula is C14H23N3O3. The van der Waals surface area contributed by atoms with E-state index in [0.717, 1.165) is 19.4 Å². The fourth-order valence-electron chi connectivity index (χ4n) is 1.62. The van der Waals surface area contributed by atoms with E-state index >= 15 is 0 Å². The lowest BCUT2D eigenvalue weighted by molar-refractivity contribution is 0.0948. The van der Waals surface area contributed by atoms with E-state index in [2.05, 4.69) is 15.6 Å². The van der Waals surface area contributed by atoms with Crippen molar-refractivity contribution >= 4 is 11.7 Å². The number of rotatable bonds is 10. The van der Waals surface area contributed by atoms with Crippen molar-refractivity contribution in [3.63, 3.8) is 0 Å². The zero-order chi connectivity index (χ0) is 14.6. The van der Waals surface area contributed by atoms with Crippen LogP contribution in [-0.4, -0.2) is 51.4 Å². The zero-order valence-corrected chi connectivity index (χ0v) is 12.1. The van der Waals surface area contributed by atoms with E-state index in [9.17, 15) is 4.79 Å². The number of pyridine rings is 1. The van der Waals surface area contributed by atoms with Gasteiger partial charge in [0.25, 0.3) is 5.91 Å². The average molecular weight is 281 g/mol. The molecule has 2 N–H and O–H groups in total. The standard InChI is InChI=1S/C14H23N3O3/c1-19-9-3-6-15-13-11-12(5-8-16-13)14(18)17-7-4-10-20-2/h5,8,11H,3-4,6-7,9-10H2,1-2H3,(H,15,16)(H,17,18). The van der Waals surface area contributed by atoms with E-state index in [1.165, 1.54) is 0 Å². The maximum atomic E-state index is 11.9. The third kappa shape index (κ3) is 6.49. The number of aromatic nitrogens is 1. The molecule has 0 aromatic carbocycles. The third-order valence-electron chi connectivity index (χ3n) is 2.66. The number of carbonyl (C=O) groups is 1. The Morgan fingerprint density at radius 3 is 2.60 bits per heavy atom. The van der Waals surface area contributed by atoms with Crippen molar-refractivity contribution in [2.75, 3.05) is 45.8 Å². The van der Waals surface area contributed by atoms with Crippen molar-refractivity contribution in [3.05, 3.63) is 23.9 Å². The maximum absolute atomic E-state index is 11.9. The van der Waals surface area contributed by atoms with Gasteiger partial charge < -0.3 is 20.1 Å². The van der Waals surface area contributed by atoms with Crippen molar-refractivity contribution in [2.24, 2.45) is 0 Å². The number of hydrogen-bond acceptors (Lipinski definition) is 5. The number of nitrogens with zero attached hydrogens (tertiary/aromatic N) is 1. The van der Waals surface area contributed by atoms with Crippen LogP contribution in [-0.2, 0) is 9.47 Å². The van der Waals surface area contributed by atoms with Gasteiger partial charge in [0.1, 0.15) is 5.82 Å². The van der Waals surface area contributed by atoms with Gasteiger partial charge in [0, 0.05) is 52.3 Å². The molecular weight excluding hydrogens is 258 g/mol. The molecule has 1 rings (SSSR count). The second-order valence-corrected chi connectivity index (χ2v) is 4.31. The molecule has 112 valence electrons. The molecule has 1 amide bonds. The van der Waals surface area contributed by atoms with Crippen LogP contribution in [0.4, 0.5) is 5.82 Å². The van der Waals surface area contributed by atoms with Gasteiger partial charge in [0.2, 0.25) is 0 Å². The molecule has 0 aliphatic rings. The quantitative estimate of drug-likeness (QED) is 0.632. The first-order valence-electron chi connectivity index (χ1n) is 6.74. The summed E-state index contributed by atoms with van der Waals surface area (Å²) in [7, 11) is 3.32. The summed E-state index contributed by atoms with van der Waals surface area (Å²) in [6.45, 7) is 2.71. The van der Waals surface area contributed by atoms with Gasteiger partial charge in [-0.3, -0.25) is 4.79 Å². The van der Waals surface area contributed by atoms with Gasteiger partial charge in [-0.2, -0.15) is 0 Å². The lowest BCUT2D eigenvalue weighted by Crippen LogP contribution is -2.25. The van der Waals surface area contributed by atoms with E-state index in [4.69, 9.17) is 9.47 Å². The molecule has 1 aromatic heterocycles. The van der Waals surface area contributed by atoms with Crippen molar-refractivity contribution < 1.29 is 14.3 Å². The Morgan fingerprint density at radius 2 is 1.90 bits per heavy atom. The summed E-state index contributed by atoms with van der Waals surface area (Å²) in [4.78, 5) is 16.1. The second-order valence-electron chi connectivity index (χ2n) is 4.31. The van der Waals surface area contributed by atoms with Crippen LogP contribution in [0.1, 0.15) is 23.2 Å². The summed E-state index contributed by atoms with van der Waals surface area (Å²) in [5.74, 6) is 0.606. The van der Waals surface area contributed by atoms with E-state index in [-0.39, 0.29) is 5.91 Å². The Bertz CT molecular complexity index is 399. The predicted octanol–water partition coefficient (Wildman–Crippen LogP) is 1.30. The van der Waals surface area contributed by atoms with E-state index in [1.807, 2.05) is 0 Å². The highest BCUT2D eigenvalue weighted by molar-refractivity contribution is 5.94. The van der Waals surface area contributed by atoms with Crippen LogP contribution < -0.4 is 10.6 Å². The van der Waals surface area contributed by atoms with Gasteiger partial charge >= 0.3 is 0 Å². The minimum atomic E-state index is -0.0940. The van der Waals surface area contributed by atoms with Crippen LogP contribution in [0, 0.1) is 0 Å². The molecule has 0 atom stereocenters. The van der Waals surface area contributed by atoms with Crippen molar-refractivity contribution in [3.8, 4) is 0 Å². The highest BCUT2D eigenvalue weighted by atomic mass is 16.5. The maximum Gasteiger partial charge on any atom is 0.251 e. The molecule has 0 aliphatic carbocycles.